The van der Waals surface area contributed by atoms with Gasteiger partial charge in [0.2, 0.25) is 5.78 Å². The zero-order valence-electron chi connectivity index (χ0n) is 12.5. The molecule has 2 aromatic carbocycles. The van der Waals surface area contributed by atoms with E-state index in [0.29, 0.717) is 0 Å². The van der Waals surface area contributed by atoms with E-state index < -0.39 is 29.7 Å². The number of amides is 1. The fourth-order valence-corrected chi connectivity index (χ4v) is 2.04. The van der Waals surface area contributed by atoms with Gasteiger partial charge in [-0.3, -0.25) is 9.59 Å². The summed E-state index contributed by atoms with van der Waals surface area (Å²) >= 11 is 0. The van der Waals surface area contributed by atoms with Gasteiger partial charge in [0.1, 0.15) is 5.82 Å². The van der Waals surface area contributed by atoms with Crippen LogP contribution in [-0.4, -0.2) is 17.9 Å². The van der Waals surface area contributed by atoms with Crippen LogP contribution < -0.4 is 5.32 Å². The summed E-state index contributed by atoms with van der Waals surface area (Å²) in [6.07, 6.45) is -4.83. The molecule has 2 aromatic rings. The van der Waals surface area contributed by atoms with Gasteiger partial charge in [0.05, 0.1) is 0 Å². The first-order valence-corrected chi connectivity index (χ1v) is 6.92. The number of carbonyl (C=O) groups excluding carboxylic acids is 2. The molecule has 0 bridgehead atoms. The molecule has 7 heteroatoms. The molecule has 1 amide bonds. The Morgan fingerprint density at radius 2 is 1.50 bits per heavy atom. The van der Waals surface area contributed by atoms with Gasteiger partial charge in [-0.25, -0.2) is 4.39 Å². The summed E-state index contributed by atoms with van der Waals surface area (Å²) in [6, 6.07) is 6.97. The lowest BCUT2D eigenvalue weighted by Crippen LogP contribution is -2.41. The Morgan fingerprint density at radius 1 is 0.958 bits per heavy atom. The number of alkyl halides is 3. The molecule has 1 atom stereocenters. The molecule has 0 spiro atoms. The van der Waals surface area contributed by atoms with E-state index in [2.05, 4.69) is 0 Å². The first-order valence-electron chi connectivity index (χ1n) is 6.92. The van der Waals surface area contributed by atoms with Crippen molar-refractivity contribution < 1.29 is 27.2 Å². The highest BCUT2D eigenvalue weighted by Crippen LogP contribution is 2.32. The Bertz CT molecular complexity index is 737. The Labute approximate surface area is 135 Å². The average Bonchev–Trinajstić information content (AvgIpc) is 2.52. The van der Waals surface area contributed by atoms with Crippen molar-refractivity contribution in [3.63, 3.8) is 0 Å². The molecule has 126 valence electrons. The maximum absolute atomic E-state index is 13.2. The number of hydrogen-bond acceptors (Lipinski definition) is 2. The third-order valence-corrected chi connectivity index (χ3v) is 3.33. The van der Waals surface area contributed by atoms with E-state index in [4.69, 9.17) is 0 Å². The number of rotatable bonds is 4. The van der Waals surface area contributed by atoms with Gasteiger partial charge in [-0.1, -0.05) is 42.0 Å². The highest BCUT2D eigenvalue weighted by Gasteiger charge is 2.42. The Balaban J connectivity index is 2.23. The van der Waals surface area contributed by atoms with E-state index >= 15 is 0 Å². The van der Waals surface area contributed by atoms with Crippen molar-refractivity contribution in [1.82, 2.24) is 5.32 Å². The molecule has 0 aliphatic heterocycles. The summed E-state index contributed by atoms with van der Waals surface area (Å²) in [5.74, 6) is -3.17. The highest BCUT2D eigenvalue weighted by atomic mass is 19.4. The van der Waals surface area contributed by atoms with Gasteiger partial charge in [-0.15, -0.1) is 0 Å². The summed E-state index contributed by atoms with van der Waals surface area (Å²) in [5, 5.41) is 1.67. The van der Waals surface area contributed by atoms with Crippen molar-refractivity contribution in [2.45, 2.75) is 19.1 Å². The third kappa shape index (κ3) is 4.18. The van der Waals surface area contributed by atoms with Crippen molar-refractivity contribution in [2.75, 3.05) is 0 Å². The number of benzene rings is 2. The van der Waals surface area contributed by atoms with Crippen LogP contribution in [0.15, 0.2) is 48.5 Å². The molecule has 0 heterocycles. The van der Waals surface area contributed by atoms with Gasteiger partial charge in [0.15, 0.2) is 6.04 Å². The fraction of sp³-hybridized carbons (Fsp3) is 0.176. The lowest BCUT2D eigenvalue weighted by Gasteiger charge is -2.21. The Morgan fingerprint density at radius 3 is 2.00 bits per heavy atom. The van der Waals surface area contributed by atoms with Crippen LogP contribution in [0.25, 0.3) is 0 Å². The molecule has 1 N–H and O–H groups in total. The van der Waals surface area contributed by atoms with Crippen LogP contribution in [0, 0.1) is 12.7 Å². The Kier molecular flexibility index (Phi) is 5.02. The maximum Gasteiger partial charge on any atom is 0.412 e. The molecule has 0 saturated carbocycles. The number of nitrogens with one attached hydrogen (secondary N) is 1. The van der Waals surface area contributed by atoms with Crippen LogP contribution in [0.5, 0.6) is 0 Å². The molecule has 0 aromatic heterocycles. The predicted molar refractivity (Wildman–Crippen MR) is 78.8 cm³/mol. The topological polar surface area (TPSA) is 46.2 Å². The Hall–Kier alpha value is -2.70. The van der Waals surface area contributed by atoms with Crippen molar-refractivity contribution in [3.8, 4) is 0 Å². The monoisotopic (exact) mass is 339 g/mol. The van der Waals surface area contributed by atoms with Crippen LogP contribution >= 0.6 is 0 Å². The second kappa shape index (κ2) is 6.82. The third-order valence-electron chi connectivity index (χ3n) is 3.33. The minimum atomic E-state index is -4.83. The molecule has 3 nitrogen and oxygen atoms in total. The number of hydrogen-bond donors (Lipinski definition) is 1. The number of aryl methyl sites for hydroxylation is 1. The fourth-order valence-electron chi connectivity index (χ4n) is 2.04. The minimum Gasteiger partial charge on any atom is -0.334 e. The van der Waals surface area contributed by atoms with Crippen molar-refractivity contribution in [2.24, 2.45) is 0 Å². The van der Waals surface area contributed by atoms with E-state index in [-0.39, 0.29) is 11.1 Å². The quantitative estimate of drug-likeness (QED) is 0.524. The standard InChI is InChI=1S/C17H13F4NO2/c1-10-2-4-11(5-3-10)14(23)16(24)22-15(17(19,20)21)12-6-8-13(18)9-7-12/h2-9,15H,1H3,(H,22,24). The first-order chi connectivity index (χ1) is 11.2. The van der Waals surface area contributed by atoms with Crippen LogP contribution in [-0.2, 0) is 4.79 Å². The minimum absolute atomic E-state index is 0.0156. The van der Waals surface area contributed by atoms with Gasteiger partial charge in [-0.05, 0) is 24.6 Å². The van der Waals surface area contributed by atoms with Gasteiger partial charge >= 0.3 is 6.18 Å². The molecule has 1 unspecified atom stereocenters. The van der Waals surface area contributed by atoms with Crippen molar-refractivity contribution >= 4 is 11.7 Å². The van der Waals surface area contributed by atoms with E-state index in [1.54, 1.807) is 24.4 Å². The molecule has 0 aliphatic carbocycles. The van der Waals surface area contributed by atoms with E-state index in [9.17, 15) is 27.2 Å². The van der Waals surface area contributed by atoms with E-state index in [1.807, 2.05) is 0 Å². The number of ketones is 1. The maximum atomic E-state index is 13.2. The summed E-state index contributed by atoms with van der Waals surface area (Å²) in [6.45, 7) is 1.77. The van der Waals surface area contributed by atoms with Crippen molar-refractivity contribution in [1.29, 1.82) is 0 Å². The average molecular weight is 339 g/mol. The molecule has 0 saturated heterocycles. The molecular formula is C17H13F4NO2. The van der Waals surface area contributed by atoms with E-state index in [0.717, 1.165) is 29.8 Å². The number of Topliss-reactive ketones (excluding diaryl/α,β-unsaturated/α-hetero) is 1. The highest BCUT2D eigenvalue weighted by molar-refractivity contribution is 6.42. The largest absolute Gasteiger partial charge is 0.412 e. The van der Waals surface area contributed by atoms with Crippen LogP contribution in [0.2, 0.25) is 0 Å². The normalized spacial score (nSPS) is 12.5. The second-order valence-electron chi connectivity index (χ2n) is 5.19. The summed E-state index contributed by atoms with van der Waals surface area (Å²) in [5.41, 5.74) is 0.457. The lowest BCUT2D eigenvalue weighted by atomic mass is 10.0. The van der Waals surface area contributed by atoms with Crippen molar-refractivity contribution in [3.05, 3.63) is 71.0 Å². The van der Waals surface area contributed by atoms with Gasteiger partial charge in [0.25, 0.3) is 5.91 Å². The second-order valence-corrected chi connectivity index (χ2v) is 5.19. The van der Waals surface area contributed by atoms with Gasteiger partial charge < -0.3 is 5.32 Å². The molecular weight excluding hydrogens is 326 g/mol. The summed E-state index contributed by atoms with van der Waals surface area (Å²) < 4.78 is 52.4. The lowest BCUT2D eigenvalue weighted by molar-refractivity contribution is -0.162. The first kappa shape index (κ1) is 17.7. The molecule has 2 rings (SSSR count). The zero-order chi connectivity index (χ0) is 17.9. The smallest absolute Gasteiger partial charge is 0.334 e. The van der Waals surface area contributed by atoms with Gasteiger partial charge in [-0.2, -0.15) is 13.2 Å². The van der Waals surface area contributed by atoms with Gasteiger partial charge in [0, 0.05) is 5.56 Å². The molecule has 0 radical (unpaired) electrons. The summed E-state index contributed by atoms with van der Waals surface area (Å²) in [7, 11) is 0. The number of halogens is 4. The van der Waals surface area contributed by atoms with E-state index in [1.165, 1.54) is 12.1 Å². The van der Waals surface area contributed by atoms with Crippen LogP contribution in [0.3, 0.4) is 0 Å². The van der Waals surface area contributed by atoms with Crippen LogP contribution in [0.4, 0.5) is 17.6 Å². The zero-order valence-corrected chi connectivity index (χ0v) is 12.5. The van der Waals surface area contributed by atoms with Crippen LogP contribution in [0.1, 0.15) is 27.5 Å². The molecule has 0 fully saturated rings. The summed E-state index contributed by atoms with van der Waals surface area (Å²) in [4.78, 5) is 23.9. The predicted octanol–water partition coefficient (Wildman–Crippen LogP) is 3.74. The number of carbonyl (C=O) groups is 2. The molecule has 24 heavy (non-hydrogen) atoms. The molecule has 0 aliphatic rings. The SMILES string of the molecule is Cc1ccc(C(=O)C(=O)NC(c2ccc(F)cc2)C(F)(F)F)cc1.